The first-order valence-electron chi connectivity index (χ1n) is 5.77. The van der Waals surface area contributed by atoms with Gasteiger partial charge < -0.3 is 5.73 Å². The summed E-state index contributed by atoms with van der Waals surface area (Å²) in [4.78, 5) is 13.8. The molecule has 3 N–H and O–H groups in total. The van der Waals surface area contributed by atoms with Gasteiger partial charge in [0.2, 0.25) is 10.0 Å². The van der Waals surface area contributed by atoms with Crippen LogP contribution in [-0.4, -0.2) is 18.3 Å². The molecule has 0 aliphatic heterocycles. The van der Waals surface area contributed by atoms with Crippen LogP contribution in [0.5, 0.6) is 0 Å². The third kappa shape index (κ3) is 3.35. The summed E-state index contributed by atoms with van der Waals surface area (Å²) >= 11 is 1.30. The molecule has 1 heterocycles. The van der Waals surface area contributed by atoms with Gasteiger partial charge in [-0.25, -0.2) is 18.1 Å². The van der Waals surface area contributed by atoms with Crippen molar-refractivity contribution in [3.8, 4) is 0 Å². The molecule has 0 radical (unpaired) electrons. The standard InChI is InChI=1S/C11H12N4O4S2/c1-7(11-13-4-5-20-11)14-21(18,19)10-6-8(15(16)17)2-3-9(10)12/h2-7,14H,12H2,1H3. The van der Waals surface area contributed by atoms with Gasteiger partial charge in [0.15, 0.2) is 0 Å². The average Bonchev–Trinajstić information content (AvgIpc) is 2.92. The summed E-state index contributed by atoms with van der Waals surface area (Å²) in [5.41, 5.74) is 5.22. The number of nitrogens with two attached hydrogens (primary N) is 1. The number of sulfonamides is 1. The van der Waals surface area contributed by atoms with Crippen molar-refractivity contribution in [2.45, 2.75) is 17.9 Å². The molecule has 10 heteroatoms. The smallest absolute Gasteiger partial charge is 0.270 e. The summed E-state index contributed by atoms with van der Waals surface area (Å²) < 4.78 is 27.0. The Hall–Kier alpha value is -2.04. The molecule has 1 aromatic heterocycles. The molecule has 0 amide bonds. The first kappa shape index (κ1) is 15.4. The number of nitrogen functional groups attached to an aromatic ring is 1. The molecule has 0 saturated heterocycles. The van der Waals surface area contributed by atoms with Crippen LogP contribution in [0.3, 0.4) is 0 Å². The van der Waals surface area contributed by atoms with Gasteiger partial charge in [0.25, 0.3) is 5.69 Å². The summed E-state index contributed by atoms with van der Waals surface area (Å²) in [5.74, 6) is 0. The Labute approximate surface area is 124 Å². The van der Waals surface area contributed by atoms with Gasteiger partial charge in [0.1, 0.15) is 9.90 Å². The van der Waals surface area contributed by atoms with Gasteiger partial charge in [0, 0.05) is 23.7 Å². The van der Waals surface area contributed by atoms with Crippen LogP contribution in [0.25, 0.3) is 0 Å². The second-order valence-electron chi connectivity index (χ2n) is 4.19. The van der Waals surface area contributed by atoms with Crippen LogP contribution in [0.15, 0.2) is 34.7 Å². The Morgan fingerprint density at radius 1 is 1.48 bits per heavy atom. The van der Waals surface area contributed by atoms with Crippen LogP contribution in [0.4, 0.5) is 11.4 Å². The maximum atomic E-state index is 12.3. The number of nitro groups is 1. The summed E-state index contributed by atoms with van der Waals surface area (Å²) in [6.45, 7) is 1.63. The van der Waals surface area contributed by atoms with Gasteiger partial charge in [-0.15, -0.1) is 11.3 Å². The number of hydrogen-bond donors (Lipinski definition) is 2. The fourth-order valence-corrected chi connectivity index (χ4v) is 3.74. The van der Waals surface area contributed by atoms with Crippen molar-refractivity contribution in [2.24, 2.45) is 0 Å². The van der Waals surface area contributed by atoms with Crippen molar-refractivity contribution in [3.63, 3.8) is 0 Å². The van der Waals surface area contributed by atoms with Crippen molar-refractivity contribution in [1.82, 2.24) is 9.71 Å². The van der Waals surface area contributed by atoms with E-state index in [-0.39, 0.29) is 16.3 Å². The van der Waals surface area contributed by atoms with Crippen LogP contribution in [0.2, 0.25) is 0 Å². The Morgan fingerprint density at radius 3 is 2.76 bits per heavy atom. The molecule has 0 bridgehead atoms. The normalized spacial score (nSPS) is 13.0. The lowest BCUT2D eigenvalue weighted by Crippen LogP contribution is -2.27. The number of non-ortho nitro benzene ring substituents is 1. The highest BCUT2D eigenvalue weighted by Crippen LogP contribution is 2.26. The fourth-order valence-electron chi connectivity index (χ4n) is 1.66. The van der Waals surface area contributed by atoms with Crippen molar-refractivity contribution >= 4 is 32.7 Å². The number of nitro benzene ring substituents is 1. The predicted octanol–water partition coefficient (Wildman–Crippen LogP) is 1.67. The maximum absolute atomic E-state index is 12.3. The minimum absolute atomic E-state index is 0.0561. The summed E-state index contributed by atoms with van der Waals surface area (Å²) in [7, 11) is -3.99. The molecule has 1 unspecified atom stereocenters. The molecule has 21 heavy (non-hydrogen) atoms. The maximum Gasteiger partial charge on any atom is 0.270 e. The van der Waals surface area contributed by atoms with E-state index in [9.17, 15) is 18.5 Å². The number of anilines is 1. The van der Waals surface area contributed by atoms with E-state index in [0.29, 0.717) is 5.01 Å². The second-order valence-corrected chi connectivity index (χ2v) is 6.80. The molecule has 1 atom stereocenters. The third-order valence-electron chi connectivity index (χ3n) is 2.65. The summed E-state index contributed by atoms with van der Waals surface area (Å²) in [6, 6.07) is 2.72. The van der Waals surface area contributed by atoms with Gasteiger partial charge in [-0.1, -0.05) is 0 Å². The summed E-state index contributed by atoms with van der Waals surface area (Å²) in [6.07, 6.45) is 1.56. The quantitative estimate of drug-likeness (QED) is 0.488. The van der Waals surface area contributed by atoms with Gasteiger partial charge in [0.05, 0.1) is 16.7 Å². The van der Waals surface area contributed by atoms with Crippen LogP contribution in [0.1, 0.15) is 18.0 Å². The Morgan fingerprint density at radius 2 is 2.19 bits per heavy atom. The predicted molar refractivity (Wildman–Crippen MR) is 78.4 cm³/mol. The monoisotopic (exact) mass is 328 g/mol. The summed E-state index contributed by atoms with van der Waals surface area (Å²) in [5, 5.41) is 13.1. The SMILES string of the molecule is CC(NS(=O)(=O)c1cc([N+](=O)[O-])ccc1N)c1nccs1. The molecule has 112 valence electrons. The molecule has 8 nitrogen and oxygen atoms in total. The Bertz CT molecular complexity index is 759. The minimum atomic E-state index is -3.99. The largest absolute Gasteiger partial charge is 0.398 e. The van der Waals surface area contributed by atoms with E-state index in [0.717, 1.165) is 12.1 Å². The lowest BCUT2D eigenvalue weighted by atomic mass is 10.3. The highest BCUT2D eigenvalue weighted by Gasteiger charge is 2.24. The first-order valence-corrected chi connectivity index (χ1v) is 8.13. The fraction of sp³-hybridized carbons (Fsp3) is 0.182. The molecule has 0 aliphatic rings. The van der Waals surface area contributed by atoms with Crippen molar-refractivity contribution in [2.75, 3.05) is 5.73 Å². The number of nitrogens with one attached hydrogen (secondary N) is 1. The highest BCUT2D eigenvalue weighted by molar-refractivity contribution is 7.89. The van der Waals surface area contributed by atoms with E-state index >= 15 is 0 Å². The van der Waals surface area contributed by atoms with E-state index in [4.69, 9.17) is 5.73 Å². The van der Waals surface area contributed by atoms with Crippen LogP contribution in [-0.2, 0) is 10.0 Å². The van der Waals surface area contributed by atoms with Crippen molar-refractivity contribution < 1.29 is 13.3 Å². The molecule has 0 fully saturated rings. The Kier molecular flexibility index (Phi) is 4.21. The molecular formula is C11H12N4O4S2. The third-order valence-corrected chi connectivity index (χ3v) is 5.21. The number of benzene rings is 1. The topological polar surface area (TPSA) is 128 Å². The average molecular weight is 328 g/mol. The van der Waals surface area contributed by atoms with Crippen LogP contribution >= 0.6 is 11.3 Å². The molecule has 1 aromatic carbocycles. The number of aromatic nitrogens is 1. The van der Waals surface area contributed by atoms with Crippen molar-refractivity contribution in [3.05, 3.63) is 44.9 Å². The van der Waals surface area contributed by atoms with E-state index in [1.54, 1.807) is 18.5 Å². The molecule has 2 aromatic rings. The van der Waals surface area contributed by atoms with Crippen LogP contribution in [0, 0.1) is 10.1 Å². The van der Waals surface area contributed by atoms with Gasteiger partial charge in [-0.2, -0.15) is 0 Å². The number of rotatable bonds is 5. The highest BCUT2D eigenvalue weighted by atomic mass is 32.2. The number of thiazole rings is 1. The van der Waals surface area contributed by atoms with E-state index in [1.807, 2.05) is 0 Å². The lowest BCUT2D eigenvalue weighted by molar-refractivity contribution is -0.385. The van der Waals surface area contributed by atoms with Crippen molar-refractivity contribution in [1.29, 1.82) is 0 Å². The van der Waals surface area contributed by atoms with Gasteiger partial charge in [-0.3, -0.25) is 10.1 Å². The number of hydrogen-bond acceptors (Lipinski definition) is 7. The van der Waals surface area contributed by atoms with Gasteiger partial charge in [-0.05, 0) is 13.0 Å². The van der Waals surface area contributed by atoms with E-state index in [2.05, 4.69) is 9.71 Å². The zero-order chi connectivity index (χ0) is 15.6. The molecule has 0 saturated carbocycles. The lowest BCUT2D eigenvalue weighted by Gasteiger charge is -2.13. The van der Waals surface area contributed by atoms with Crippen LogP contribution < -0.4 is 10.5 Å². The zero-order valence-electron chi connectivity index (χ0n) is 10.9. The Balaban J connectivity index is 2.35. The minimum Gasteiger partial charge on any atom is -0.398 e. The molecule has 0 spiro atoms. The second kappa shape index (κ2) is 5.76. The zero-order valence-corrected chi connectivity index (χ0v) is 12.5. The molecule has 2 rings (SSSR count). The molecular weight excluding hydrogens is 316 g/mol. The molecule has 0 aliphatic carbocycles. The first-order chi connectivity index (χ1) is 9.81. The van der Waals surface area contributed by atoms with Gasteiger partial charge >= 0.3 is 0 Å². The van der Waals surface area contributed by atoms with E-state index in [1.165, 1.54) is 17.4 Å². The van der Waals surface area contributed by atoms with E-state index < -0.39 is 21.0 Å². The number of nitrogens with zero attached hydrogens (tertiary/aromatic N) is 2.